The SMILES string of the molecule is Cc1cc(C2OCCC2CNC(C)C)ccc1Br. The number of hydrogen-bond donors (Lipinski definition) is 1. The molecule has 1 aliphatic rings. The van der Waals surface area contributed by atoms with Crippen LogP contribution in [0, 0.1) is 12.8 Å². The number of rotatable bonds is 4. The van der Waals surface area contributed by atoms with Crippen LogP contribution in [-0.4, -0.2) is 19.2 Å². The summed E-state index contributed by atoms with van der Waals surface area (Å²) in [4.78, 5) is 0. The standard InChI is InChI=1S/C15H22BrNO/c1-10(2)17-9-13-6-7-18-15(13)12-4-5-14(16)11(3)8-12/h4-5,8,10,13,15,17H,6-7,9H2,1-3H3. The minimum Gasteiger partial charge on any atom is -0.373 e. The highest BCUT2D eigenvalue weighted by Gasteiger charge is 2.29. The Balaban J connectivity index is 2.08. The maximum atomic E-state index is 5.92. The van der Waals surface area contributed by atoms with Crippen molar-refractivity contribution in [2.75, 3.05) is 13.2 Å². The van der Waals surface area contributed by atoms with Crippen LogP contribution in [0.25, 0.3) is 0 Å². The van der Waals surface area contributed by atoms with E-state index in [9.17, 15) is 0 Å². The molecule has 18 heavy (non-hydrogen) atoms. The molecule has 100 valence electrons. The third-order valence-electron chi connectivity index (χ3n) is 3.51. The number of ether oxygens (including phenoxy) is 1. The molecule has 2 atom stereocenters. The van der Waals surface area contributed by atoms with E-state index in [-0.39, 0.29) is 6.10 Å². The van der Waals surface area contributed by atoms with E-state index >= 15 is 0 Å². The van der Waals surface area contributed by atoms with Gasteiger partial charge in [0.25, 0.3) is 0 Å². The minimum atomic E-state index is 0.253. The van der Waals surface area contributed by atoms with Crippen molar-refractivity contribution in [1.29, 1.82) is 0 Å². The van der Waals surface area contributed by atoms with Crippen LogP contribution in [0.15, 0.2) is 22.7 Å². The second-order valence-corrected chi connectivity index (χ2v) is 6.27. The molecule has 2 nitrogen and oxygen atoms in total. The number of halogens is 1. The van der Waals surface area contributed by atoms with Crippen molar-refractivity contribution >= 4 is 15.9 Å². The predicted molar refractivity (Wildman–Crippen MR) is 78.8 cm³/mol. The van der Waals surface area contributed by atoms with Crippen LogP contribution in [-0.2, 0) is 4.74 Å². The lowest BCUT2D eigenvalue weighted by molar-refractivity contribution is 0.0900. The lowest BCUT2D eigenvalue weighted by Gasteiger charge is -2.21. The van der Waals surface area contributed by atoms with Crippen LogP contribution >= 0.6 is 15.9 Å². The summed E-state index contributed by atoms with van der Waals surface area (Å²) in [5.74, 6) is 0.591. The Bertz CT molecular complexity index is 405. The first kappa shape index (κ1) is 14.0. The smallest absolute Gasteiger partial charge is 0.0866 e. The van der Waals surface area contributed by atoms with Crippen molar-refractivity contribution in [2.45, 2.75) is 39.3 Å². The first-order valence-corrected chi connectivity index (χ1v) is 7.48. The summed E-state index contributed by atoms with van der Waals surface area (Å²) in [5, 5.41) is 3.52. The highest BCUT2D eigenvalue weighted by atomic mass is 79.9. The molecule has 0 radical (unpaired) electrons. The van der Waals surface area contributed by atoms with E-state index in [1.165, 1.54) is 15.6 Å². The fourth-order valence-corrected chi connectivity index (χ4v) is 2.69. The van der Waals surface area contributed by atoms with Crippen molar-refractivity contribution in [3.63, 3.8) is 0 Å². The highest BCUT2D eigenvalue weighted by Crippen LogP contribution is 2.35. The summed E-state index contributed by atoms with van der Waals surface area (Å²) in [5.41, 5.74) is 2.59. The Labute approximate surface area is 118 Å². The van der Waals surface area contributed by atoms with E-state index in [1.807, 2.05) is 0 Å². The van der Waals surface area contributed by atoms with Crippen molar-refractivity contribution < 1.29 is 4.74 Å². The summed E-state index contributed by atoms with van der Waals surface area (Å²) in [7, 11) is 0. The van der Waals surface area contributed by atoms with Gasteiger partial charge in [-0.05, 0) is 30.5 Å². The Morgan fingerprint density at radius 3 is 2.89 bits per heavy atom. The van der Waals surface area contributed by atoms with Crippen LogP contribution in [0.2, 0.25) is 0 Å². The largest absolute Gasteiger partial charge is 0.373 e. The van der Waals surface area contributed by atoms with Gasteiger partial charge < -0.3 is 10.1 Å². The minimum absolute atomic E-state index is 0.253. The summed E-state index contributed by atoms with van der Waals surface area (Å²) in [6.45, 7) is 8.43. The average molecular weight is 312 g/mol. The normalized spacial score (nSPS) is 23.8. The summed E-state index contributed by atoms with van der Waals surface area (Å²) in [6.07, 6.45) is 1.41. The second kappa shape index (κ2) is 6.18. The molecule has 0 amide bonds. The molecule has 2 rings (SSSR count). The van der Waals surface area contributed by atoms with E-state index in [2.05, 4.69) is 60.2 Å². The van der Waals surface area contributed by atoms with Gasteiger partial charge in [-0.25, -0.2) is 0 Å². The molecule has 1 N–H and O–H groups in total. The molecule has 1 saturated heterocycles. The van der Waals surface area contributed by atoms with E-state index in [1.54, 1.807) is 0 Å². The first-order valence-electron chi connectivity index (χ1n) is 6.69. The molecule has 1 aromatic carbocycles. The summed E-state index contributed by atoms with van der Waals surface area (Å²) < 4.78 is 7.09. The van der Waals surface area contributed by atoms with Crippen LogP contribution in [0.1, 0.15) is 37.5 Å². The van der Waals surface area contributed by atoms with Gasteiger partial charge in [0.2, 0.25) is 0 Å². The van der Waals surface area contributed by atoms with Crippen LogP contribution < -0.4 is 5.32 Å². The highest BCUT2D eigenvalue weighted by molar-refractivity contribution is 9.10. The summed E-state index contributed by atoms with van der Waals surface area (Å²) >= 11 is 3.55. The molecule has 0 aromatic heterocycles. The van der Waals surface area contributed by atoms with Crippen LogP contribution in [0.5, 0.6) is 0 Å². The number of hydrogen-bond acceptors (Lipinski definition) is 2. The number of nitrogens with one attached hydrogen (secondary N) is 1. The van der Waals surface area contributed by atoms with E-state index in [0.29, 0.717) is 12.0 Å². The molecule has 0 spiro atoms. The van der Waals surface area contributed by atoms with Crippen LogP contribution in [0.4, 0.5) is 0 Å². The molecule has 0 aliphatic carbocycles. The van der Waals surface area contributed by atoms with E-state index in [4.69, 9.17) is 4.74 Å². The Morgan fingerprint density at radius 1 is 1.44 bits per heavy atom. The van der Waals surface area contributed by atoms with Gasteiger partial charge >= 0.3 is 0 Å². The Hall–Kier alpha value is -0.380. The topological polar surface area (TPSA) is 21.3 Å². The third-order valence-corrected chi connectivity index (χ3v) is 4.40. The van der Waals surface area contributed by atoms with Crippen molar-refractivity contribution in [3.05, 3.63) is 33.8 Å². The van der Waals surface area contributed by atoms with Gasteiger partial charge in [0.05, 0.1) is 6.10 Å². The Morgan fingerprint density at radius 2 is 2.22 bits per heavy atom. The lowest BCUT2D eigenvalue weighted by Crippen LogP contribution is -2.30. The fourth-order valence-electron chi connectivity index (χ4n) is 2.44. The lowest BCUT2D eigenvalue weighted by atomic mass is 9.94. The van der Waals surface area contributed by atoms with Gasteiger partial charge in [-0.2, -0.15) is 0 Å². The molecule has 1 fully saturated rings. The molecule has 3 heteroatoms. The maximum Gasteiger partial charge on any atom is 0.0866 e. The zero-order valence-electron chi connectivity index (χ0n) is 11.4. The van der Waals surface area contributed by atoms with Gasteiger partial charge in [0, 0.05) is 29.6 Å². The zero-order chi connectivity index (χ0) is 13.1. The van der Waals surface area contributed by atoms with Gasteiger partial charge in [-0.1, -0.05) is 41.9 Å². The first-order chi connectivity index (χ1) is 8.58. The number of benzene rings is 1. The zero-order valence-corrected chi connectivity index (χ0v) is 13.0. The van der Waals surface area contributed by atoms with Crippen molar-refractivity contribution in [3.8, 4) is 0 Å². The van der Waals surface area contributed by atoms with Gasteiger partial charge in [0.15, 0.2) is 0 Å². The summed E-state index contributed by atoms with van der Waals surface area (Å²) in [6, 6.07) is 7.08. The maximum absolute atomic E-state index is 5.92. The molecule has 1 aliphatic heterocycles. The molecule has 2 unspecified atom stereocenters. The molecule has 1 aromatic rings. The molecule has 0 bridgehead atoms. The molecular weight excluding hydrogens is 290 g/mol. The van der Waals surface area contributed by atoms with Crippen molar-refractivity contribution in [1.82, 2.24) is 5.32 Å². The quantitative estimate of drug-likeness (QED) is 0.912. The van der Waals surface area contributed by atoms with E-state index < -0.39 is 0 Å². The third kappa shape index (κ3) is 3.34. The van der Waals surface area contributed by atoms with Crippen LogP contribution in [0.3, 0.4) is 0 Å². The Kier molecular flexibility index (Phi) is 4.82. The van der Waals surface area contributed by atoms with E-state index in [0.717, 1.165) is 19.6 Å². The number of aryl methyl sites for hydroxylation is 1. The fraction of sp³-hybridized carbons (Fsp3) is 0.600. The van der Waals surface area contributed by atoms with Gasteiger partial charge in [0.1, 0.15) is 0 Å². The van der Waals surface area contributed by atoms with Gasteiger partial charge in [-0.3, -0.25) is 0 Å². The average Bonchev–Trinajstić information content (AvgIpc) is 2.78. The molecule has 1 heterocycles. The van der Waals surface area contributed by atoms with Crippen molar-refractivity contribution in [2.24, 2.45) is 5.92 Å². The van der Waals surface area contributed by atoms with Gasteiger partial charge in [-0.15, -0.1) is 0 Å². The predicted octanol–water partition coefficient (Wildman–Crippen LogP) is 3.83. The molecular formula is C15H22BrNO. The monoisotopic (exact) mass is 311 g/mol. The second-order valence-electron chi connectivity index (χ2n) is 5.41. The molecule has 0 saturated carbocycles.